The first kappa shape index (κ1) is 11.8. The normalized spacial score (nSPS) is 12.7. The van der Waals surface area contributed by atoms with Crippen LogP contribution in [0.4, 0.5) is 4.39 Å². The number of halogens is 1. The van der Waals surface area contributed by atoms with Crippen LogP contribution in [-0.2, 0) is 6.42 Å². The Balaban J connectivity index is 2.63. The molecule has 0 saturated carbocycles. The monoisotopic (exact) mass is 234 g/mol. The van der Waals surface area contributed by atoms with Crippen molar-refractivity contribution in [1.29, 1.82) is 0 Å². The first-order valence-electron chi connectivity index (χ1n) is 5.64. The van der Waals surface area contributed by atoms with Gasteiger partial charge in [-0.3, -0.25) is 0 Å². The molecule has 0 aliphatic carbocycles. The fraction of sp³-hybridized carbons (Fsp3) is 0.308. The van der Waals surface area contributed by atoms with Gasteiger partial charge in [0, 0.05) is 24.4 Å². The molecule has 1 N–H and O–H groups in total. The number of imidazole rings is 1. The maximum atomic E-state index is 13.7. The Kier molecular flexibility index (Phi) is 3.24. The molecule has 0 fully saturated rings. The topological polar surface area (TPSA) is 38.0 Å². The summed E-state index contributed by atoms with van der Waals surface area (Å²) >= 11 is 0. The fourth-order valence-electron chi connectivity index (χ4n) is 1.96. The zero-order valence-corrected chi connectivity index (χ0v) is 9.89. The molecule has 1 atom stereocenters. The molecule has 3 nitrogen and oxygen atoms in total. The van der Waals surface area contributed by atoms with Gasteiger partial charge < -0.3 is 9.67 Å². The molecular weight excluding hydrogens is 219 g/mol. The van der Waals surface area contributed by atoms with Crippen molar-refractivity contribution in [2.75, 3.05) is 0 Å². The van der Waals surface area contributed by atoms with Gasteiger partial charge in [0.2, 0.25) is 0 Å². The van der Waals surface area contributed by atoms with Crippen molar-refractivity contribution in [1.82, 2.24) is 9.55 Å². The van der Waals surface area contributed by atoms with Crippen molar-refractivity contribution in [3.05, 3.63) is 47.8 Å². The molecule has 0 amide bonds. The molecule has 1 aromatic carbocycles. The highest BCUT2D eigenvalue weighted by atomic mass is 19.1. The van der Waals surface area contributed by atoms with E-state index in [9.17, 15) is 9.50 Å². The van der Waals surface area contributed by atoms with E-state index in [1.165, 1.54) is 6.07 Å². The largest absolute Gasteiger partial charge is 0.389 e. The Morgan fingerprint density at radius 1 is 1.47 bits per heavy atom. The number of hydrogen-bond acceptors (Lipinski definition) is 2. The van der Waals surface area contributed by atoms with Gasteiger partial charge in [0.25, 0.3) is 0 Å². The van der Waals surface area contributed by atoms with Crippen LogP contribution in [-0.4, -0.2) is 14.7 Å². The van der Waals surface area contributed by atoms with Gasteiger partial charge in [-0.25, -0.2) is 9.37 Å². The summed E-state index contributed by atoms with van der Waals surface area (Å²) in [6.07, 6.45) is 3.36. The predicted octanol–water partition coefficient (Wildman–Crippen LogP) is 2.63. The van der Waals surface area contributed by atoms with Crippen LogP contribution >= 0.6 is 0 Å². The van der Waals surface area contributed by atoms with E-state index in [-0.39, 0.29) is 0 Å². The van der Waals surface area contributed by atoms with Gasteiger partial charge >= 0.3 is 0 Å². The van der Waals surface area contributed by atoms with Gasteiger partial charge in [0.1, 0.15) is 11.6 Å². The summed E-state index contributed by atoms with van der Waals surface area (Å²) in [6, 6.07) is 4.77. The van der Waals surface area contributed by atoms with Gasteiger partial charge in [0.15, 0.2) is 0 Å². The molecule has 4 heteroatoms. The van der Waals surface area contributed by atoms with E-state index in [1.807, 2.05) is 11.5 Å². The Bertz CT molecular complexity index is 520. The average Bonchev–Trinajstić information content (AvgIpc) is 2.75. The van der Waals surface area contributed by atoms with Crippen LogP contribution in [0.2, 0.25) is 0 Å². The quantitative estimate of drug-likeness (QED) is 0.886. The lowest BCUT2D eigenvalue weighted by molar-refractivity contribution is 0.194. The smallest absolute Gasteiger partial charge is 0.131 e. The van der Waals surface area contributed by atoms with E-state index in [1.54, 1.807) is 31.5 Å². The molecule has 1 heterocycles. The van der Waals surface area contributed by atoms with Gasteiger partial charge in [0.05, 0.1) is 11.8 Å². The molecule has 0 bridgehead atoms. The van der Waals surface area contributed by atoms with Crippen LogP contribution in [0, 0.1) is 5.82 Å². The third kappa shape index (κ3) is 2.08. The summed E-state index contributed by atoms with van der Waals surface area (Å²) in [5.74, 6) is 0.450. The summed E-state index contributed by atoms with van der Waals surface area (Å²) in [7, 11) is 0. The third-order valence-corrected chi connectivity index (χ3v) is 2.74. The molecule has 0 radical (unpaired) electrons. The number of aliphatic hydroxyl groups is 1. The molecule has 0 spiro atoms. The standard InChI is InChI=1S/C13H15FN2O/c1-3-12-15-7-8-16(12)11-6-4-5-10(14)13(11)9(2)17/h4-9,17H,3H2,1-2H3/t9-/m0/s1. The van der Waals surface area contributed by atoms with E-state index in [0.717, 1.165) is 12.2 Å². The molecule has 90 valence electrons. The van der Waals surface area contributed by atoms with Crippen LogP contribution in [0.1, 0.15) is 31.3 Å². The molecule has 0 aliphatic heterocycles. The second-order valence-corrected chi connectivity index (χ2v) is 3.92. The molecular formula is C13H15FN2O. The maximum absolute atomic E-state index is 13.7. The molecule has 17 heavy (non-hydrogen) atoms. The minimum Gasteiger partial charge on any atom is -0.389 e. The summed E-state index contributed by atoms with van der Waals surface area (Å²) in [5.41, 5.74) is 0.953. The van der Waals surface area contributed by atoms with Crippen molar-refractivity contribution in [3.63, 3.8) is 0 Å². The summed E-state index contributed by atoms with van der Waals surface area (Å²) in [6.45, 7) is 3.55. The predicted molar refractivity (Wildman–Crippen MR) is 63.5 cm³/mol. The van der Waals surface area contributed by atoms with Gasteiger partial charge in [-0.1, -0.05) is 13.0 Å². The molecule has 0 unspecified atom stereocenters. The Labute approximate surface area is 99.5 Å². The van der Waals surface area contributed by atoms with E-state index >= 15 is 0 Å². The molecule has 2 aromatic rings. The number of nitrogens with zero attached hydrogens (tertiary/aromatic N) is 2. The number of rotatable bonds is 3. The zero-order valence-electron chi connectivity index (χ0n) is 9.89. The Hall–Kier alpha value is -1.68. The third-order valence-electron chi connectivity index (χ3n) is 2.74. The first-order valence-corrected chi connectivity index (χ1v) is 5.64. The molecule has 2 rings (SSSR count). The van der Waals surface area contributed by atoms with Crippen LogP contribution in [0.3, 0.4) is 0 Å². The lowest BCUT2D eigenvalue weighted by Crippen LogP contribution is -2.07. The lowest BCUT2D eigenvalue weighted by Gasteiger charge is -2.15. The molecule has 0 aliphatic rings. The minimum atomic E-state index is -0.849. The van der Waals surface area contributed by atoms with Crippen molar-refractivity contribution < 1.29 is 9.50 Å². The van der Waals surface area contributed by atoms with E-state index in [4.69, 9.17) is 0 Å². The highest BCUT2D eigenvalue weighted by molar-refractivity contribution is 5.44. The number of aromatic nitrogens is 2. The Morgan fingerprint density at radius 2 is 2.24 bits per heavy atom. The number of benzene rings is 1. The van der Waals surface area contributed by atoms with Crippen LogP contribution in [0.5, 0.6) is 0 Å². The second-order valence-electron chi connectivity index (χ2n) is 3.92. The SMILES string of the molecule is CCc1nccn1-c1cccc(F)c1[C@H](C)O. The van der Waals surface area contributed by atoms with Gasteiger partial charge in [-0.05, 0) is 19.1 Å². The molecule has 1 aromatic heterocycles. The van der Waals surface area contributed by atoms with Gasteiger partial charge in [-0.2, -0.15) is 0 Å². The number of hydrogen-bond donors (Lipinski definition) is 1. The first-order chi connectivity index (χ1) is 8.15. The fourth-order valence-corrected chi connectivity index (χ4v) is 1.96. The van der Waals surface area contributed by atoms with E-state index in [2.05, 4.69) is 4.98 Å². The minimum absolute atomic E-state index is 0.306. The summed E-state index contributed by atoms with van der Waals surface area (Å²) in [5, 5.41) is 9.67. The van der Waals surface area contributed by atoms with E-state index in [0.29, 0.717) is 11.3 Å². The summed E-state index contributed by atoms with van der Waals surface area (Å²) in [4.78, 5) is 4.20. The van der Waals surface area contributed by atoms with Crippen molar-refractivity contribution >= 4 is 0 Å². The van der Waals surface area contributed by atoms with Crippen molar-refractivity contribution in [2.24, 2.45) is 0 Å². The van der Waals surface area contributed by atoms with E-state index < -0.39 is 11.9 Å². The second kappa shape index (κ2) is 4.67. The lowest BCUT2D eigenvalue weighted by atomic mass is 10.1. The zero-order chi connectivity index (χ0) is 12.4. The highest BCUT2D eigenvalue weighted by Gasteiger charge is 2.16. The average molecular weight is 234 g/mol. The number of aliphatic hydroxyl groups excluding tert-OH is 1. The van der Waals surface area contributed by atoms with Crippen LogP contribution in [0.15, 0.2) is 30.6 Å². The van der Waals surface area contributed by atoms with Crippen LogP contribution < -0.4 is 0 Å². The maximum Gasteiger partial charge on any atom is 0.131 e. The molecule has 0 saturated heterocycles. The number of aryl methyl sites for hydroxylation is 1. The van der Waals surface area contributed by atoms with Crippen molar-refractivity contribution in [2.45, 2.75) is 26.4 Å². The summed E-state index contributed by atoms with van der Waals surface area (Å²) < 4.78 is 15.5. The Morgan fingerprint density at radius 3 is 2.88 bits per heavy atom. The van der Waals surface area contributed by atoms with Crippen LogP contribution in [0.25, 0.3) is 5.69 Å². The van der Waals surface area contributed by atoms with Gasteiger partial charge in [-0.15, -0.1) is 0 Å². The highest BCUT2D eigenvalue weighted by Crippen LogP contribution is 2.25. The van der Waals surface area contributed by atoms with Crippen molar-refractivity contribution in [3.8, 4) is 5.69 Å².